The summed E-state index contributed by atoms with van der Waals surface area (Å²) in [5.74, 6) is 0.629. The molecule has 33 heavy (non-hydrogen) atoms. The zero-order chi connectivity index (χ0) is 23.0. The quantitative estimate of drug-likeness (QED) is 0.363. The number of urea groups is 1. The van der Waals surface area contributed by atoms with E-state index in [2.05, 4.69) is 29.6 Å². The van der Waals surface area contributed by atoms with E-state index in [-0.39, 0.29) is 12.1 Å². The number of aryl methyl sites for hydroxylation is 1. The molecule has 0 fully saturated rings. The maximum absolute atomic E-state index is 13.8. The summed E-state index contributed by atoms with van der Waals surface area (Å²) in [5, 5.41) is 3.08. The second-order valence-corrected chi connectivity index (χ2v) is 7.98. The lowest BCUT2D eigenvalue weighted by Crippen LogP contribution is -2.39. The number of para-hydroxylation sites is 2. The van der Waals surface area contributed by atoms with Crippen molar-refractivity contribution in [2.24, 2.45) is 7.05 Å². The normalized spacial score (nSPS) is 11.6. The molecule has 1 N–H and O–H groups in total. The predicted octanol–water partition coefficient (Wildman–Crippen LogP) is 6.05. The molecule has 0 saturated heterocycles. The van der Waals surface area contributed by atoms with E-state index in [0.29, 0.717) is 24.4 Å². The van der Waals surface area contributed by atoms with Crippen LogP contribution in [-0.2, 0) is 20.0 Å². The van der Waals surface area contributed by atoms with E-state index in [4.69, 9.17) is 4.74 Å². The standard InChI is InChI=1S/C28H29N3O2/c1-30-19-11-16-24(30)21-31(28(32)29-25-17-9-10-18-27(25)33-2)26(23-14-7-4-8-15-23)20-22-12-5-3-6-13-22/h3-19,26H,20-21H2,1-2H3,(H,29,32). The van der Waals surface area contributed by atoms with Crippen molar-refractivity contribution in [2.45, 2.75) is 19.0 Å². The number of hydrogen-bond acceptors (Lipinski definition) is 2. The van der Waals surface area contributed by atoms with Crippen molar-refractivity contribution in [3.63, 3.8) is 0 Å². The number of benzene rings is 3. The smallest absolute Gasteiger partial charge is 0.322 e. The third-order valence-electron chi connectivity index (χ3n) is 5.83. The molecule has 0 spiro atoms. The van der Waals surface area contributed by atoms with Gasteiger partial charge in [0.1, 0.15) is 5.75 Å². The summed E-state index contributed by atoms with van der Waals surface area (Å²) in [7, 11) is 3.61. The first-order chi connectivity index (χ1) is 16.2. The third kappa shape index (κ3) is 5.44. The Morgan fingerprint density at radius 1 is 0.909 bits per heavy atom. The van der Waals surface area contributed by atoms with Crippen LogP contribution in [0, 0.1) is 0 Å². The third-order valence-corrected chi connectivity index (χ3v) is 5.83. The number of ether oxygens (including phenoxy) is 1. The summed E-state index contributed by atoms with van der Waals surface area (Å²) in [6.07, 6.45) is 2.70. The second-order valence-electron chi connectivity index (χ2n) is 7.98. The highest BCUT2D eigenvalue weighted by Crippen LogP contribution is 2.30. The van der Waals surface area contributed by atoms with E-state index >= 15 is 0 Å². The van der Waals surface area contributed by atoms with Crippen molar-refractivity contribution in [2.75, 3.05) is 12.4 Å². The van der Waals surface area contributed by atoms with Gasteiger partial charge < -0.3 is 19.5 Å². The molecular weight excluding hydrogens is 410 g/mol. The Morgan fingerprint density at radius 3 is 2.24 bits per heavy atom. The van der Waals surface area contributed by atoms with E-state index < -0.39 is 0 Å². The van der Waals surface area contributed by atoms with Crippen LogP contribution < -0.4 is 10.1 Å². The SMILES string of the molecule is COc1ccccc1NC(=O)N(Cc1cccn1C)C(Cc1ccccc1)c1ccccc1. The van der Waals surface area contributed by atoms with Crippen molar-refractivity contribution in [1.82, 2.24) is 9.47 Å². The van der Waals surface area contributed by atoms with Crippen LogP contribution in [0.4, 0.5) is 10.5 Å². The van der Waals surface area contributed by atoms with Gasteiger partial charge in [0, 0.05) is 18.9 Å². The fourth-order valence-corrected chi connectivity index (χ4v) is 4.01. The minimum absolute atomic E-state index is 0.154. The Balaban J connectivity index is 1.73. The highest BCUT2D eigenvalue weighted by Gasteiger charge is 2.27. The summed E-state index contributed by atoms with van der Waals surface area (Å²) in [4.78, 5) is 15.7. The van der Waals surface area contributed by atoms with Gasteiger partial charge in [0.2, 0.25) is 0 Å². The Hall–Kier alpha value is -3.99. The molecular formula is C28H29N3O2. The molecule has 1 atom stereocenters. The summed E-state index contributed by atoms with van der Waals surface area (Å²) in [6, 6.07) is 31.7. The van der Waals surface area contributed by atoms with Crippen LogP contribution in [0.2, 0.25) is 0 Å². The summed E-state index contributed by atoms with van der Waals surface area (Å²) < 4.78 is 7.50. The van der Waals surface area contributed by atoms with Crippen LogP contribution in [0.5, 0.6) is 5.75 Å². The van der Waals surface area contributed by atoms with Crippen LogP contribution in [0.3, 0.4) is 0 Å². The molecule has 0 aliphatic heterocycles. The average molecular weight is 440 g/mol. The average Bonchev–Trinajstić information content (AvgIpc) is 3.27. The minimum Gasteiger partial charge on any atom is -0.495 e. The van der Waals surface area contributed by atoms with Crippen LogP contribution >= 0.6 is 0 Å². The lowest BCUT2D eigenvalue weighted by molar-refractivity contribution is 0.181. The van der Waals surface area contributed by atoms with Gasteiger partial charge in [-0.3, -0.25) is 0 Å². The molecule has 2 amide bonds. The van der Waals surface area contributed by atoms with Gasteiger partial charge in [0.15, 0.2) is 0 Å². The number of methoxy groups -OCH3 is 1. The topological polar surface area (TPSA) is 46.5 Å². The van der Waals surface area contributed by atoms with Gasteiger partial charge in [-0.05, 0) is 41.8 Å². The molecule has 0 bridgehead atoms. The molecule has 0 radical (unpaired) electrons. The zero-order valence-corrected chi connectivity index (χ0v) is 19.0. The van der Waals surface area contributed by atoms with Gasteiger partial charge in [0.25, 0.3) is 0 Å². The van der Waals surface area contributed by atoms with Crippen LogP contribution in [0.25, 0.3) is 0 Å². The Kier molecular flexibility index (Phi) is 7.10. The van der Waals surface area contributed by atoms with E-state index in [1.54, 1.807) is 7.11 Å². The van der Waals surface area contributed by atoms with Gasteiger partial charge >= 0.3 is 6.03 Å². The number of rotatable bonds is 8. The van der Waals surface area contributed by atoms with Crippen molar-refractivity contribution in [3.05, 3.63) is 120 Å². The molecule has 1 aromatic heterocycles. The summed E-state index contributed by atoms with van der Waals surface area (Å²) in [5.41, 5.74) is 3.96. The molecule has 3 aromatic carbocycles. The van der Waals surface area contributed by atoms with E-state index in [1.807, 2.05) is 95.5 Å². The number of hydrogen-bond donors (Lipinski definition) is 1. The fourth-order valence-electron chi connectivity index (χ4n) is 4.01. The maximum Gasteiger partial charge on any atom is 0.322 e. The second kappa shape index (κ2) is 10.6. The largest absolute Gasteiger partial charge is 0.495 e. The first-order valence-electron chi connectivity index (χ1n) is 11.1. The molecule has 0 aliphatic carbocycles. The minimum atomic E-state index is -0.175. The predicted molar refractivity (Wildman–Crippen MR) is 132 cm³/mol. The van der Waals surface area contributed by atoms with Gasteiger partial charge in [0.05, 0.1) is 25.4 Å². The number of amides is 2. The van der Waals surface area contributed by atoms with Gasteiger partial charge in [-0.2, -0.15) is 0 Å². The van der Waals surface area contributed by atoms with Crippen molar-refractivity contribution < 1.29 is 9.53 Å². The van der Waals surface area contributed by atoms with Crippen LogP contribution in [0.1, 0.15) is 22.9 Å². The highest BCUT2D eigenvalue weighted by atomic mass is 16.5. The fraction of sp³-hybridized carbons (Fsp3) is 0.179. The molecule has 1 heterocycles. The Morgan fingerprint density at radius 2 is 1.58 bits per heavy atom. The first kappa shape index (κ1) is 22.2. The van der Waals surface area contributed by atoms with Gasteiger partial charge in [-0.25, -0.2) is 4.79 Å². The maximum atomic E-state index is 13.8. The molecule has 5 heteroatoms. The molecule has 168 valence electrons. The van der Waals surface area contributed by atoms with Gasteiger partial charge in [-0.1, -0.05) is 72.8 Å². The van der Waals surface area contributed by atoms with E-state index in [1.165, 1.54) is 5.56 Å². The molecule has 4 aromatic rings. The number of anilines is 1. The van der Waals surface area contributed by atoms with Crippen LogP contribution in [0.15, 0.2) is 103 Å². The Bertz CT molecular complexity index is 1170. The summed E-state index contributed by atoms with van der Waals surface area (Å²) >= 11 is 0. The Labute approximate surface area is 195 Å². The van der Waals surface area contributed by atoms with E-state index in [0.717, 1.165) is 11.3 Å². The van der Waals surface area contributed by atoms with Crippen molar-refractivity contribution in [3.8, 4) is 5.75 Å². The van der Waals surface area contributed by atoms with Crippen molar-refractivity contribution in [1.29, 1.82) is 0 Å². The molecule has 0 aliphatic rings. The lowest BCUT2D eigenvalue weighted by atomic mass is 9.97. The van der Waals surface area contributed by atoms with E-state index in [9.17, 15) is 4.79 Å². The lowest BCUT2D eigenvalue weighted by Gasteiger charge is -2.33. The number of nitrogens with one attached hydrogen (secondary N) is 1. The number of carbonyl (C=O) groups excluding carboxylic acids is 1. The first-order valence-corrected chi connectivity index (χ1v) is 11.1. The van der Waals surface area contributed by atoms with Gasteiger partial charge in [-0.15, -0.1) is 0 Å². The molecule has 5 nitrogen and oxygen atoms in total. The summed E-state index contributed by atoms with van der Waals surface area (Å²) in [6.45, 7) is 0.469. The highest BCUT2D eigenvalue weighted by molar-refractivity contribution is 5.91. The van der Waals surface area contributed by atoms with Crippen LogP contribution in [-0.4, -0.2) is 22.6 Å². The monoisotopic (exact) mass is 439 g/mol. The zero-order valence-electron chi connectivity index (χ0n) is 19.0. The number of aromatic nitrogens is 1. The molecule has 1 unspecified atom stereocenters. The number of carbonyl (C=O) groups is 1. The number of nitrogens with zero attached hydrogens (tertiary/aromatic N) is 2. The molecule has 0 saturated carbocycles. The van der Waals surface area contributed by atoms with Crippen molar-refractivity contribution >= 4 is 11.7 Å². The molecule has 4 rings (SSSR count).